The first kappa shape index (κ1) is 22.1. The molecule has 0 aliphatic carbocycles. The van der Waals surface area contributed by atoms with Gasteiger partial charge in [-0.15, -0.1) is 0 Å². The molecule has 0 N–H and O–H groups in total. The zero-order valence-corrected chi connectivity index (χ0v) is 16.2. The second kappa shape index (κ2) is 21.1. The normalized spacial score (nSPS) is 11.3. The van der Waals surface area contributed by atoms with Crippen LogP contribution in [-0.4, -0.2) is 6.16 Å². The van der Waals surface area contributed by atoms with Crippen LogP contribution in [0, 0.1) is 0 Å². The molecule has 0 unspecified atom stereocenters. The maximum atomic E-state index is 10.3. The minimum absolute atomic E-state index is 0.329. The van der Waals surface area contributed by atoms with Crippen LogP contribution in [0.25, 0.3) is 0 Å². The van der Waals surface area contributed by atoms with Crippen LogP contribution in [0.1, 0.15) is 122 Å². The molecule has 0 aromatic heterocycles. The molecule has 0 rings (SSSR count). The molecule has 0 atom stereocenters. The van der Waals surface area contributed by atoms with E-state index in [1.807, 2.05) is 0 Å². The van der Waals surface area contributed by atoms with Crippen molar-refractivity contribution in [2.75, 3.05) is 6.16 Å². The largest absolute Gasteiger partial charge is 0.275 e. The first-order valence-electron chi connectivity index (χ1n) is 10.2. The average Bonchev–Trinajstić information content (AvgIpc) is 2.54. The fourth-order valence-electron chi connectivity index (χ4n) is 3.08. The van der Waals surface area contributed by atoms with Crippen molar-refractivity contribution in [1.82, 2.24) is 0 Å². The van der Waals surface area contributed by atoms with Gasteiger partial charge in [0.15, 0.2) is 8.46 Å². The quantitative estimate of drug-likeness (QED) is 0.172. The molecule has 0 spiro atoms. The molecule has 0 aromatic rings. The van der Waals surface area contributed by atoms with Crippen LogP contribution in [0.5, 0.6) is 0 Å². The molecule has 1 nitrogen and oxygen atoms in total. The molecule has 0 aliphatic rings. The summed E-state index contributed by atoms with van der Waals surface area (Å²) in [5, 5.41) is 0. The fraction of sp³-hybridized carbons (Fsp3) is 1.00. The van der Waals surface area contributed by atoms with Gasteiger partial charge in [0.2, 0.25) is 0 Å². The third-order valence-corrected chi connectivity index (χ3v) is 5.10. The van der Waals surface area contributed by atoms with Crippen molar-refractivity contribution in [2.45, 2.75) is 122 Å². The van der Waals surface area contributed by atoms with Gasteiger partial charge in [-0.2, -0.15) is 0 Å². The van der Waals surface area contributed by atoms with E-state index in [9.17, 15) is 4.57 Å². The molecule has 22 heavy (non-hydrogen) atoms. The molecule has 0 radical (unpaired) electrons. The first-order valence-corrected chi connectivity index (χ1v) is 11.2. The van der Waals surface area contributed by atoms with E-state index in [4.69, 9.17) is 0 Å². The Hall–Kier alpha value is 0.100. The van der Waals surface area contributed by atoms with Gasteiger partial charge >= 0.3 is 0 Å². The Morgan fingerprint density at radius 1 is 0.455 bits per heavy atom. The summed E-state index contributed by atoms with van der Waals surface area (Å²) in [6, 6.07) is 0. The van der Waals surface area contributed by atoms with Gasteiger partial charge in [0.25, 0.3) is 0 Å². The zero-order valence-electron chi connectivity index (χ0n) is 15.3. The van der Waals surface area contributed by atoms with E-state index in [1.165, 1.54) is 109 Å². The minimum Gasteiger partial charge on any atom is -0.275 e. The number of unbranched alkanes of at least 4 members (excludes halogenated alkanes) is 17. The first-order chi connectivity index (χ1) is 10.9. The summed E-state index contributed by atoms with van der Waals surface area (Å²) < 4.78 is 10.3. The maximum Gasteiger partial charge on any atom is 0.155 e. The van der Waals surface area contributed by atoms with Gasteiger partial charge < -0.3 is 0 Å². The molecule has 2 heteroatoms. The Labute approximate surface area is 142 Å². The molecule has 0 saturated carbocycles. The molecule has 0 aliphatic heterocycles. The Morgan fingerprint density at radius 2 is 0.727 bits per heavy atom. The summed E-state index contributed by atoms with van der Waals surface area (Å²) in [6.45, 7) is 2.29. The third kappa shape index (κ3) is 20.1. The van der Waals surface area contributed by atoms with Gasteiger partial charge in [-0.3, -0.25) is 4.57 Å². The lowest BCUT2D eigenvalue weighted by Crippen LogP contribution is -1.84. The molecule has 0 saturated heterocycles. The average molecular weight is 329 g/mol. The van der Waals surface area contributed by atoms with Crippen molar-refractivity contribution in [3.8, 4) is 0 Å². The van der Waals surface area contributed by atoms with Crippen molar-refractivity contribution in [3.05, 3.63) is 0 Å². The highest BCUT2D eigenvalue weighted by Gasteiger charge is 1.95. The zero-order chi connectivity index (χ0) is 16.1. The van der Waals surface area contributed by atoms with E-state index >= 15 is 0 Å². The van der Waals surface area contributed by atoms with Gasteiger partial charge in [-0.05, 0) is 6.42 Å². The van der Waals surface area contributed by atoms with E-state index in [0.29, 0.717) is 8.46 Å². The number of hydrogen-bond acceptors (Lipinski definition) is 1. The lowest BCUT2D eigenvalue weighted by molar-refractivity contribution is 0.526. The Kier molecular flexibility index (Phi) is 21.2. The highest BCUT2D eigenvalue weighted by Crippen LogP contribution is 2.14. The molecule has 0 heterocycles. The molecular formula is C20H41OP. The van der Waals surface area contributed by atoms with Crippen LogP contribution in [0.15, 0.2) is 0 Å². The van der Waals surface area contributed by atoms with Crippen molar-refractivity contribution in [3.63, 3.8) is 0 Å². The Morgan fingerprint density at radius 3 is 1.00 bits per heavy atom. The van der Waals surface area contributed by atoms with Gasteiger partial charge in [0.1, 0.15) is 0 Å². The SMILES string of the molecule is CCCCCCCCCCCCCCCCCCCCP=O. The second-order valence-electron chi connectivity index (χ2n) is 6.86. The van der Waals surface area contributed by atoms with Crippen molar-refractivity contribution in [1.29, 1.82) is 0 Å². The topological polar surface area (TPSA) is 17.1 Å². The van der Waals surface area contributed by atoms with Crippen molar-refractivity contribution >= 4 is 8.46 Å². The van der Waals surface area contributed by atoms with Crippen LogP contribution in [0.3, 0.4) is 0 Å². The summed E-state index contributed by atoms with van der Waals surface area (Å²) in [6.07, 6.45) is 26.2. The third-order valence-electron chi connectivity index (χ3n) is 4.60. The predicted molar refractivity (Wildman–Crippen MR) is 101 cm³/mol. The van der Waals surface area contributed by atoms with Crippen LogP contribution in [0.4, 0.5) is 0 Å². The Bertz CT molecular complexity index is 206. The van der Waals surface area contributed by atoms with Crippen LogP contribution in [-0.2, 0) is 4.57 Å². The molecule has 0 aromatic carbocycles. The molecule has 0 amide bonds. The number of rotatable bonds is 19. The monoisotopic (exact) mass is 328 g/mol. The van der Waals surface area contributed by atoms with Gasteiger partial charge in [-0.1, -0.05) is 116 Å². The lowest BCUT2D eigenvalue weighted by atomic mass is 10.0. The predicted octanol–water partition coefficient (Wildman–Crippen LogP) is 8.32. The maximum absolute atomic E-state index is 10.3. The van der Waals surface area contributed by atoms with Crippen molar-refractivity contribution in [2.24, 2.45) is 0 Å². The molecule has 0 fully saturated rings. The summed E-state index contributed by atoms with van der Waals surface area (Å²) in [4.78, 5) is 0. The van der Waals surface area contributed by atoms with Crippen LogP contribution < -0.4 is 0 Å². The standard InChI is InChI=1S/C20H41OP/c1-2-3-4-5-6-7-8-9-10-11-12-13-14-15-16-17-18-19-20-22-21/h2-20H2,1H3. The van der Waals surface area contributed by atoms with E-state index in [0.717, 1.165) is 12.6 Å². The summed E-state index contributed by atoms with van der Waals surface area (Å²) in [7, 11) is 0.329. The van der Waals surface area contributed by atoms with Crippen LogP contribution in [0.2, 0.25) is 0 Å². The van der Waals surface area contributed by atoms with Crippen molar-refractivity contribution < 1.29 is 4.57 Å². The van der Waals surface area contributed by atoms with E-state index < -0.39 is 0 Å². The molecule has 132 valence electrons. The van der Waals surface area contributed by atoms with E-state index in [2.05, 4.69) is 6.92 Å². The Balaban J connectivity index is 2.92. The van der Waals surface area contributed by atoms with Gasteiger partial charge in [0, 0.05) is 6.16 Å². The van der Waals surface area contributed by atoms with Gasteiger partial charge in [-0.25, -0.2) is 0 Å². The van der Waals surface area contributed by atoms with E-state index in [1.54, 1.807) is 0 Å². The summed E-state index contributed by atoms with van der Waals surface area (Å²) >= 11 is 0. The molecular weight excluding hydrogens is 287 g/mol. The van der Waals surface area contributed by atoms with Gasteiger partial charge in [0.05, 0.1) is 0 Å². The van der Waals surface area contributed by atoms with Crippen LogP contribution >= 0.6 is 8.46 Å². The number of hydrogen-bond donors (Lipinski definition) is 0. The summed E-state index contributed by atoms with van der Waals surface area (Å²) in [5.41, 5.74) is 0. The van der Waals surface area contributed by atoms with E-state index in [-0.39, 0.29) is 0 Å². The highest BCUT2D eigenvalue weighted by molar-refractivity contribution is 7.23. The molecule has 0 bridgehead atoms. The summed E-state index contributed by atoms with van der Waals surface area (Å²) in [5.74, 6) is 0. The smallest absolute Gasteiger partial charge is 0.155 e. The lowest BCUT2D eigenvalue weighted by Gasteiger charge is -2.03. The minimum atomic E-state index is 0.329. The highest BCUT2D eigenvalue weighted by atomic mass is 31.1. The fourth-order valence-corrected chi connectivity index (χ4v) is 3.43. The second-order valence-corrected chi connectivity index (χ2v) is 7.57.